The van der Waals surface area contributed by atoms with Crippen LogP contribution in [-0.4, -0.2) is 46.0 Å². The van der Waals surface area contributed by atoms with Crippen LogP contribution < -0.4 is 9.47 Å². The van der Waals surface area contributed by atoms with E-state index in [2.05, 4.69) is 34.0 Å². The topological polar surface area (TPSA) is 52.4 Å². The number of nitrogens with zero attached hydrogens (tertiary/aromatic N) is 4. The van der Waals surface area contributed by atoms with Crippen molar-refractivity contribution in [2.75, 3.05) is 26.3 Å². The van der Waals surface area contributed by atoms with E-state index in [-0.39, 0.29) is 0 Å². The lowest BCUT2D eigenvalue weighted by atomic mass is 10.1. The van der Waals surface area contributed by atoms with Crippen molar-refractivity contribution in [1.82, 2.24) is 19.7 Å². The predicted octanol–water partition coefficient (Wildman–Crippen LogP) is 1.96. The highest BCUT2D eigenvalue weighted by Gasteiger charge is 2.12. The van der Waals surface area contributed by atoms with Crippen LogP contribution in [0.15, 0.2) is 30.9 Å². The van der Waals surface area contributed by atoms with E-state index < -0.39 is 0 Å². The third-order valence-corrected chi connectivity index (χ3v) is 3.79. The van der Waals surface area contributed by atoms with E-state index in [0.29, 0.717) is 13.2 Å². The van der Waals surface area contributed by atoms with E-state index in [1.165, 1.54) is 5.56 Å². The minimum absolute atomic E-state index is 0.631. The molecule has 0 atom stereocenters. The maximum absolute atomic E-state index is 5.65. The molecule has 22 heavy (non-hydrogen) atoms. The number of aryl methyl sites for hydroxylation is 1. The molecule has 0 bridgehead atoms. The quantitative estimate of drug-likeness (QED) is 0.782. The van der Waals surface area contributed by atoms with Gasteiger partial charge in [0.15, 0.2) is 11.5 Å². The maximum Gasteiger partial charge on any atom is 0.161 e. The summed E-state index contributed by atoms with van der Waals surface area (Å²) in [4.78, 5) is 6.38. The Hall–Kier alpha value is -2.08. The molecule has 1 aliphatic heterocycles. The molecule has 0 N–H and O–H groups in total. The first-order chi connectivity index (χ1) is 10.8. The predicted molar refractivity (Wildman–Crippen MR) is 83.0 cm³/mol. The van der Waals surface area contributed by atoms with E-state index >= 15 is 0 Å². The van der Waals surface area contributed by atoms with Crippen LogP contribution in [-0.2, 0) is 13.1 Å². The van der Waals surface area contributed by atoms with Gasteiger partial charge in [-0.05, 0) is 30.7 Å². The first-order valence-corrected chi connectivity index (χ1v) is 7.78. The van der Waals surface area contributed by atoms with Crippen LogP contribution in [0.5, 0.6) is 11.5 Å². The molecule has 3 rings (SSSR count). The van der Waals surface area contributed by atoms with Gasteiger partial charge in [-0.25, -0.2) is 4.98 Å². The average molecular weight is 302 g/mol. The largest absolute Gasteiger partial charge is 0.486 e. The Morgan fingerprint density at radius 2 is 2.09 bits per heavy atom. The first kappa shape index (κ1) is 14.8. The first-order valence-electron chi connectivity index (χ1n) is 7.78. The third kappa shape index (κ3) is 3.76. The molecule has 1 aromatic carbocycles. The average Bonchev–Trinajstić information content (AvgIpc) is 3.07. The number of ether oxygens (including phenoxy) is 2. The summed E-state index contributed by atoms with van der Waals surface area (Å²) < 4.78 is 13.1. The van der Waals surface area contributed by atoms with Crippen molar-refractivity contribution in [3.63, 3.8) is 0 Å². The van der Waals surface area contributed by atoms with Crippen molar-refractivity contribution in [3.8, 4) is 11.5 Å². The maximum atomic E-state index is 5.65. The molecule has 0 spiro atoms. The smallest absolute Gasteiger partial charge is 0.161 e. The van der Waals surface area contributed by atoms with Crippen LogP contribution in [0.3, 0.4) is 0 Å². The Bertz CT molecular complexity index is 586. The lowest BCUT2D eigenvalue weighted by molar-refractivity contribution is 0.171. The molecule has 0 saturated heterocycles. The molecule has 1 aromatic heterocycles. The van der Waals surface area contributed by atoms with Crippen LogP contribution in [0.4, 0.5) is 0 Å². The SMILES string of the molecule is CCN(CCCn1cncn1)Cc1ccc2c(c1)OCCO2. The number of hydrogen-bond acceptors (Lipinski definition) is 5. The normalized spacial score (nSPS) is 13.5. The molecular formula is C16H22N4O2. The molecule has 2 heterocycles. The van der Waals surface area contributed by atoms with Crippen molar-refractivity contribution in [2.24, 2.45) is 0 Å². The van der Waals surface area contributed by atoms with Crippen molar-refractivity contribution >= 4 is 0 Å². The number of hydrogen-bond donors (Lipinski definition) is 0. The second-order valence-corrected chi connectivity index (χ2v) is 5.36. The Labute approximate surface area is 130 Å². The summed E-state index contributed by atoms with van der Waals surface area (Å²) in [6.45, 7) is 7.33. The number of fused-ring (bicyclic) bond motifs is 1. The monoisotopic (exact) mass is 302 g/mol. The lowest BCUT2D eigenvalue weighted by Gasteiger charge is -2.22. The molecular weight excluding hydrogens is 280 g/mol. The van der Waals surface area contributed by atoms with Crippen LogP contribution in [0.2, 0.25) is 0 Å². The van der Waals surface area contributed by atoms with Gasteiger partial charge in [0, 0.05) is 19.6 Å². The second kappa shape index (κ2) is 7.26. The fraction of sp³-hybridized carbons (Fsp3) is 0.500. The minimum atomic E-state index is 0.631. The van der Waals surface area contributed by atoms with Gasteiger partial charge in [0.05, 0.1) is 0 Å². The van der Waals surface area contributed by atoms with Gasteiger partial charge in [0.2, 0.25) is 0 Å². The van der Waals surface area contributed by atoms with Gasteiger partial charge in [0.1, 0.15) is 25.9 Å². The summed E-state index contributed by atoms with van der Waals surface area (Å²) in [7, 11) is 0. The van der Waals surface area contributed by atoms with Gasteiger partial charge in [-0.2, -0.15) is 5.10 Å². The highest BCUT2D eigenvalue weighted by Crippen LogP contribution is 2.31. The van der Waals surface area contributed by atoms with Gasteiger partial charge >= 0.3 is 0 Å². The van der Waals surface area contributed by atoms with E-state index in [1.54, 1.807) is 12.7 Å². The molecule has 0 aliphatic carbocycles. The van der Waals surface area contributed by atoms with Crippen LogP contribution >= 0.6 is 0 Å². The van der Waals surface area contributed by atoms with Crippen LogP contribution in [0.25, 0.3) is 0 Å². The number of rotatable bonds is 7. The molecule has 0 amide bonds. The Kier molecular flexibility index (Phi) is 4.90. The summed E-state index contributed by atoms with van der Waals surface area (Å²) in [6.07, 6.45) is 4.39. The number of aromatic nitrogens is 3. The molecule has 0 unspecified atom stereocenters. The van der Waals surface area contributed by atoms with Gasteiger partial charge in [-0.1, -0.05) is 13.0 Å². The Morgan fingerprint density at radius 3 is 2.86 bits per heavy atom. The molecule has 118 valence electrons. The van der Waals surface area contributed by atoms with Crippen molar-refractivity contribution < 1.29 is 9.47 Å². The molecule has 6 heteroatoms. The van der Waals surface area contributed by atoms with E-state index in [0.717, 1.165) is 44.1 Å². The van der Waals surface area contributed by atoms with E-state index in [9.17, 15) is 0 Å². The standard InChI is InChI=1S/C16H22N4O2/c1-2-19(6-3-7-20-13-17-12-18-20)11-14-4-5-15-16(10-14)22-9-8-21-15/h4-5,10,12-13H,2-3,6-9,11H2,1H3. The van der Waals surface area contributed by atoms with Gasteiger partial charge in [0.25, 0.3) is 0 Å². The summed E-state index contributed by atoms with van der Waals surface area (Å²) in [5.41, 5.74) is 1.26. The van der Waals surface area contributed by atoms with Gasteiger partial charge in [-0.3, -0.25) is 9.58 Å². The van der Waals surface area contributed by atoms with Gasteiger partial charge in [-0.15, -0.1) is 0 Å². The zero-order chi connectivity index (χ0) is 15.2. The highest BCUT2D eigenvalue weighted by molar-refractivity contribution is 5.43. The van der Waals surface area contributed by atoms with E-state index in [1.807, 2.05) is 10.7 Å². The molecule has 6 nitrogen and oxygen atoms in total. The molecule has 2 aromatic rings. The van der Waals surface area contributed by atoms with Crippen molar-refractivity contribution in [3.05, 3.63) is 36.4 Å². The molecule has 1 aliphatic rings. The Balaban J connectivity index is 1.53. The highest BCUT2D eigenvalue weighted by atomic mass is 16.6. The zero-order valence-corrected chi connectivity index (χ0v) is 12.9. The molecule has 0 fully saturated rings. The fourth-order valence-corrected chi connectivity index (χ4v) is 2.60. The zero-order valence-electron chi connectivity index (χ0n) is 12.9. The van der Waals surface area contributed by atoms with Crippen LogP contribution in [0, 0.1) is 0 Å². The third-order valence-electron chi connectivity index (χ3n) is 3.79. The minimum Gasteiger partial charge on any atom is -0.486 e. The number of benzene rings is 1. The van der Waals surface area contributed by atoms with Crippen LogP contribution in [0.1, 0.15) is 18.9 Å². The molecule has 0 saturated carbocycles. The van der Waals surface area contributed by atoms with Crippen molar-refractivity contribution in [1.29, 1.82) is 0 Å². The summed E-state index contributed by atoms with van der Waals surface area (Å²) in [5.74, 6) is 1.71. The van der Waals surface area contributed by atoms with Gasteiger partial charge < -0.3 is 9.47 Å². The fourth-order valence-electron chi connectivity index (χ4n) is 2.60. The van der Waals surface area contributed by atoms with Crippen molar-refractivity contribution in [2.45, 2.75) is 26.4 Å². The summed E-state index contributed by atoms with van der Waals surface area (Å²) >= 11 is 0. The van der Waals surface area contributed by atoms with E-state index in [4.69, 9.17) is 9.47 Å². The Morgan fingerprint density at radius 1 is 1.23 bits per heavy atom. The summed E-state index contributed by atoms with van der Waals surface area (Å²) in [6, 6.07) is 6.22. The molecule has 0 radical (unpaired) electrons. The lowest BCUT2D eigenvalue weighted by Crippen LogP contribution is -2.25. The summed E-state index contributed by atoms with van der Waals surface area (Å²) in [5, 5.41) is 4.13. The second-order valence-electron chi connectivity index (χ2n) is 5.36.